The van der Waals surface area contributed by atoms with Crippen LogP contribution < -0.4 is 10.3 Å². The molecule has 0 aliphatic carbocycles. The number of unbranched alkanes of at least 4 members (excludes halogenated alkanes) is 1. The first-order chi connectivity index (χ1) is 14.3. The van der Waals surface area contributed by atoms with Gasteiger partial charge in [0.25, 0.3) is 5.56 Å². The van der Waals surface area contributed by atoms with Crippen LogP contribution >= 0.6 is 0 Å². The maximum atomic E-state index is 13.2. The Balaban J connectivity index is 2.18. The van der Waals surface area contributed by atoms with E-state index in [0.717, 1.165) is 18.7 Å². The van der Waals surface area contributed by atoms with Crippen molar-refractivity contribution in [1.29, 1.82) is 0 Å². The number of carbonyl (C=O) groups excluding carboxylic acids is 1. The van der Waals surface area contributed by atoms with E-state index in [4.69, 9.17) is 14.5 Å². The number of ether oxygens (including phenoxy) is 2. The van der Waals surface area contributed by atoms with Crippen molar-refractivity contribution >= 4 is 17.0 Å². The van der Waals surface area contributed by atoms with Gasteiger partial charge in [0.2, 0.25) is 0 Å². The average molecular weight is 432 g/mol. The number of hydrogen-bond acceptors (Lipinski definition) is 5. The summed E-state index contributed by atoms with van der Waals surface area (Å²) in [6.45, 7) is 13.1. The Kier molecular flexibility index (Phi) is 7.73. The molecule has 1 aromatic carbocycles. The third kappa shape index (κ3) is 7.26. The topological polar surface area (TPSA) is 73.7 Å². The van der Waals surface area contributed by atoms with Gasteiger partial charge in [-0.3, -0.25) is 9.36 Å². The molecule has 0 radical (unpaired) electrons. The zero-order valence-electron chi connectivity index (χ0n) is 20.2. The fourth-order valence-corrected chi connectivity index (χ4v) is 3.27. The van der Waals surface area contributed by atoms with Crippen LogP contribution in [0.1, 0.15) is 60.2 Å². The first-order valence-electron chi connectivity index (χ1n) is 10.8. The summed E-state index contributed by atoms with van der Waals surface area (Å²) in [5, 5.41) is 0.596. The van der Waals surface area contributed by atoms with Crippen LogP contribution in [-0.2, 0) is 17.7 Å². The second-order valence-corrected chi connectivity index (χ2v) is 10.2. The molecule has 172 valence electrons. The lowest BCUT2D eigenvalue weighted by atomic mass is 9.96. The van der Waals surface area contributed by atoms with Gasteiger partial charge in [-0.05, 0) is 51.2 Å². The lowest BCUT2D eigenvalue weighted by Gasteiger charge is -2.25. The van der Waals surface area contributed by atoms with Crippen LogP contribution in [0.15, 0.2) is 23.0 Å². The Morgan fingerprint density at radius 2 is 1.81 bits per heavy atom. The van der Waals surface area contributed by atoms with Crippen molar-refractivity contribution in [3.8, 4) is 5.75 Å². The van der Waals surface area contributed by atoms with E-state index in [-0.39, 0.29) is 17.1 Å². The number of benzene rings is 1. The summed E-state index contributed by atoms with van der Waals surface area (Å²) >= 11 is 0. The van der Waals surface area contributed by atoms with Gasteiger partial charge in [0, 0.05) is 32.6 Å². The number of fused-ring (bicyclic) bond motifs is 1. The van der Waals surface area contributed by atoms with E-state index in [9.17, 15) is 9.59 Å². The highest BCUT2D eigenvalue weighted by Crippen LogP contribution is 2.21. The molecule has 1 aromatic heterocycles. The first kappa shape index (κ1) is 24.7. The molecule has 7 nitrogen and oxygen atoms in total. The molecule has 2 rings (SSSR count). The first-order valence-corrected chi connectivity index (χ1v) is 10.8. The highest BCUT2D eigenvalue weighted by molar-refractivity contribution is 5.79. The zero-order chi connectivity index (χ0) is 23.4. The number of methoxy groups -OCH3 is 1. The molecule has 0 unspecified atom stereocenters. The highest BCUT2D eigenvalue weighted by Gasteiger charge is 2.20. The summed E-state index contributed by atoms with van der Waals surface area (Å²) in [7, 11) is 3.34. The number of carbonyl (C=O) groups is 1. The number of hydrogen-bond donors (Lipinski definition) is 0. The number of amides is 1. The van der Waals surface area contributed by atoms with E-state index < -0.39 is 5.60 Å². The van der Waals surface area contributed by atoms with Crippen LogP contribution in [0.2, 0.25) is 0 Å². The number of rotatable bonds is 7. The Morgan fingerprint density at radius 3 is 2.39 bits per heavy atom. The maximum absolute atomic E-state index is 13.2. The lowest BCUT2D eigenvalue weighted by Crippen LogP contribution is -2.34. The standard InChI is InChI=1S/C24H37N3O4/c1-23(2,3)16-27-20(11-9-10-14-26(7)22(29)31-24(4,5)6)25-19-15-17(30-8)12-13-18(19)21(27)28/h12-13,15H,9-11,14,16H2,1-8H3. The van der Waals surface area contributed by atoms with E-state index in [1.54, 1.807) is 41.8 Å². The number of aryl methyl sites for hydroxylation is 1. The van der Waals surface area contributed by atoms with Crippen molar-refractivity contribution in [2.45, 2.75) is 73.0 Å². The van der Waals surface area contributed by atoms with E-state index in [1.807, 2.05) is 20.8 Å². The fourth-order valence-electron chi connectivity index (χ4n) is 3.27. The molecule has 0 saturated carbocycles. The van der Waals surface area contributed by atoms with Gasteiger partial charge in [-0.15, -0.1) is 0 Å². The van der Waals surface area contributed by atoms with Crippen LogP contribution in [0.25, 0.3) is 10.9 Å². The van der Waals surface area contributed by atoms with Gasteiger partial charge in [0.1, 0.15) is 17.2 Å². The quantitative estimate of drug-likeness (QED) is 0.597. The minimum absolute atomic E-state index is 0.0246. The number of nitrogens with zero attached hydrogens (tertiary/aromatic N) is 3. The second-order valence-electron chi connectivity index (χ2n) is 10.2. The van der Waals surface area contributed by atoms with Gasteiger partial charge < -0.3 is 14.4 Å². The van der Waals surface area contributed by atoms with Gasteiger partial charge in [-0.25, -0.2) is 9.78 Å². The smallest absolute Gasteiger partial charge is 0.410 e. The molecular weight excluding hydrogens is 394 g/mol. The SMILES string of the molecule is COc1ccc2c(=O)n(CC(C)(C)C)c(CCCCN(C)C(=O)OC(C)(C)C)nc2c1. The van der Waals surface area contributed by atoms with E-state index in [0.29, 0.717) is 36.2 Å². The van der Waals surface area contributed by atoms with Crippen molar-refractivity contribution in [2.75, 3.05) is 20.7 Å². The molecular formula is C24H37N3O4. The average Bonchev–Trinajstić information content (AvgIpc) is 2.65. The molecule has 0 aliphatic rings. The molecule has 0 spiro atoms. The van der Waals surface area contributed by atoms with E-state index >= 15 is 0 Å². The minimum Gasteiger partial charge on any atom is -0.497 e. The molecule has 2 aromatic rings. The van der Waals surface area contributed by atoms with Crippen molar-refractivity contribution < 1.29 is 14.3 Å². The van der Waals surface area contributed by atoms with Gasteiger partial charge in [-0.1, -0.05) is 20.8 Å². The molecule has 0 saturated heterocycles. The molecule has 1 amide bonds. The largest absolute Gasteiger partial charge is 0.497 e. The van der Waals surface area contributed by atoms with Crippen LogP contribution in [-0.4, -0.2) is 46.8 Å². The van der Waals surface area contributed by atoms with Crippen LogP contribution in [0, 0.1) is 5.41 Å². The summed E-state index contributed by atoms with van der Waals surface area (Å²) in [6, 6.07) is 5.37. The third-order valence-corrected chi connectivity index (χ3v) is 4.72. The van der Waals surface area contributed by atoms with Gasteiger partial charge in [0.05, 0.1) is 18.0 Å². The normalized spacial score (nSPS) is 12.1. The van der Waals surface area contributed by atoms with Crippen LogP contribution in [0.5, 0.6) is 5.75 Å². The Hall–Kier alpha value is -2.57. The maximum Gasteiger partial charge on any atom is 0.410 e. The van der Waals surface area contributed by atoms with Crippen molar-refractivity contribution in [3.05, 3.63) is 34.4 Å². The van der Waals surface area contributed by atoms with E-state index in [2.05, 4.69) is 20.8 Å². The van der Waals surface area contributed by atoms with Crippen LogP contribution in [0.3, 0.4) is 0 Å². The summed E-state index contributed by atoms with van der Waals surface area (Å²) in [4.78, 5) is 31.7. The molecule has 0 aliphatic heterocycles. The van der Waals surface area contributed by atoms with Crippen molar-refractivity contribution in [2.24, 2.45) is 5.41 Å². The number of aromatic nitrogens is 2. The molecule has 0 bridgehead atoms. The predicted molar refractivity (Wildman–Crippen MR) is 124 cm³/mol. The molecule has 1 heterocycles. The Morgan fingerprint density at radius 1 is 1.13 bits per heavy atom. The second kappa shape index (κ2) is 9.71. The summed E-state index contributed by atoms with van der Waals surface area (Å²) < 4.78 is 12.5. The molecule has 0 fully saturated rings. The predicted octanol–water partition coefficient (Wildman–Crippen LogP) is 4.64. The van der Waals surface area contributed by atoms with Crippen molar-refractivity contribution in [3.63, 3.8) is 0 Å². The van der Waals surface area contributed by atoms with E-state index in [1.165, 1.54) is 0 Å². The zero-order valence-corrected chi connectivity index (χ0v) is 20.2. The molecule has 31 heavy (non-hydrogen) atoms. The van der Waals surface area contributed by atoms with Gasteiger partial charge in [-0.2, -0.15) is 0 Å². The van der Waals surface area contributed by atoms with Crippen molar-refractivity contribution in [1.82, 2.24) is 14.5 Å². The third-order valence-electron chi connectivity index (χ3n) is 4.72. The minimum atomic E-state index is -0.509. The summed E-state index contributed by atoms with van der Waals surface area (Å²) in [5.74, 6) is 1.44. The molecule has 0 N–H and O–H groups in total. The summed E-state index contributed by atoms with van der Waals surface area (Å²) in [5.41, 5.74) is 0.0562. The summed E-state index contributed by atoms with van der Waals surface area (Å²) in [6.07, 6.45) is 1.92. The Labute approximate surface area is 185 Å². The lowest BCUT2D eigenvalue weighted by molar-refractivity contribution is 0.0296. The highest BCUT2D eigenvalue weighted by atomic mass is 16.6. The van der Waals surface area contributed by atoms with Crippen LogP contribution in [0.4, 0.5) is 4.79 Å². The molecule has 7 heteroatoms. The van der Waals surface area contributed by atoms with Gasteiger partial charge >= 0.3 is 6.09 Å². The monoisotopic (exact) mass is 431 g/mol. The molecule has 0 atom stereocenters. The Bertz CT molecular complexity index is 968. The van der Waals surface area contributed by atoms with Gasteiger partial charge in [0.15, 0.2) is 0 Å². The fraction of sp³-hybridized carbons (Fsp3) is 0.625.